The predicted molar refractivity (Wildman–Crippen MR) is 84.3 cm³/mol. The lowest BCUT2D eigenvalue weighted by atomic mass is 10.1. The molecule has 4 heteroatoms. The molecule has 1 saturated carbocycles. The summed E-state index contributed by atoms with van der Waals surface area (Å²) >= 11 is 0. The summed E-state index contributed by atoms with van der Waals surface area (Å²) < 4.78 is 5.27. The Morgan fingerprint density at radius 2 is 2.19 bits per heavy atom. The molecule has 1 atom stereocenters. The largest absolute Gasteiger partial charge is 0.497 e. The summed E-state index contributed by atoms with van der Waals surface area (Å²) in [6.07, 6.45) is 2.19. The molecule has 0 spiro atoms. The summed E-state index contributed by atoms with van der Waals surface area (Å²) in [7, 11) is 5.67. The molecule has 21 heavy (non-hydrogen) atoms. The van der Waals surface area contributed by atoms with Crippen molar-refractivity contribution in [3.8, 4) is 5.75 Å². The zero-order valence-corrected chi connectivity index (χ0v) is 13.1. The third-order valence-corrected chi connectivity index (χ3v) is 3.92. The SMILES string of the molecule is C=C(C(=O)NCC(c1cccc(OC)c1)N(C)C)C1CC1. The van der Waals surface area contributed by atoms with E-state index in [-0.39, 0.29) is 11.9 Å². The Morgan fingerprint density at radius 3 is 2.76 bits per heavy atom. The smallest absolute Gasteiger partial charge is 0.246 e. The molecular formula is C17H24N2O2. The summed E-state index contributed by atoms with van der Waals surface area (Å²) in [5.74, 6) is 1.21. The standard InChI is InChI=1S/C17H24N2O2/c1-12(13-8-9-13)17(20)18-11-16(19(2)3)14-6-5-7-15(10-14)21-4/h5-7,10,13,16H,1,8-9,11H2,2-4H3,(H,18,20). The molecule has 1 aromatic rings. The van der Waals surface area contributed by atoms with Crippen molar-refractivity contribution in [2.45, 2.75) is 18.9 Å². The van der Waals surface area contributed by atoms with Gasteiger partial charge in [0.05, 0.1) is 13.2 Å². The van der Waals surface area contributed by atoms with Crippen molar-refractivity contribution in [2.24, 2.45) is 5.92 Å². The van der Waals surface area contributed by atoms with Crippen LogP contribution in [-0.2, 0) is 4.79 Å². The van der Waals surface area contributed by atoms with Gasteiger partial charge in [0.1, 0.15) is 5.75 Å². The Morgan fingerprint density at radius 1 is 1.48 bits per heavy atom. The Balaban J connectivity index is 2.01. The molecule has 1 fully saturated rings. The lowest BCUT2D eigenvalue weighted by Gasteiger charge is -2.25. The maximum absolute atomic E-state index is 12.1. The summed E-state index contributed by atoms with van der Waals surface area (Å²) in [4.78, 5) is 14.1. The highest BCUT2D eigenvalue weighted by atomic mass is 16.5. The number of nitrogens with zero attached hydrogens (tertiary/aromatic N) is 1. The Bertz CT molecular complexity index is 521. The van der Waals surface area contributed by atoms with Crippen LogP contribution in [0.1, 0.15) is 24.4 Å². The summed E-state index contributed by atoms with van der Waals surface area (Å²) in [6.45, 7) is 4.45. The lowest BCUT2D eigenvalue weighted by molar-refractivity contribution is -0.117. The maximum atomic E-state index is 12.1. The van der Waals surface area contributed by atoms with Gasteiger partial charge in [-0.3, -0.25) is 4.79 Å². The predicted octanol–water partition coefficient (Wildman–Crippen LogP) is 2.38. The van der Waals surface area contributed by atoms with Crippen LogP contribution in [0.2, 0.25) is 0 Å². The molecule has 0 bridgehead atoms. The van der Waals surface area contributed by atoms with Gasteiger partial charge in [-0.15, -0.1) is 0 Å². The number of carbonyl (C=O) groups excluding carboxylic acids is 1. The van der Waals surface area contributed by atoms with Gasteiger partial charge in [0.15, 0.2) is 0 Å². The second kappa shape index (κ2) is 6.76. The van der Waals surface area contributed by atoms with Crippen LogP contribution in [0.4, 0.5) is 0 Å². The number of benzene rings is 1. The van der Waals surface area contributed by atoms with Crippen LogP contribution in [-0.4, -0.2) is 38.6 Å². The first-order valence-corrected chi connectivity index (χ1v) is 7.30. The van der Waals surface area contributed by atoms with Crippen molar-refractivity contribution in [1.82, 2.24) is 10.2 Å². The van der Waals surface area contributed by atoms with E-state index in [1.165, 1.54) is 0 Å². The number of amides is 1. The third kappa shape index (κ3) is 4.08. The van der Waals surface area contributed by atoms with Gasteiger partial charge in [-0.2, -0.15) is 0 Å². The zero-order chi connectivity index (χ0) is 15.4. The minimum atomic E-state index is -0.0211. The molecule has 0 aliphatic heterocycles. The second-order valence-corrected chi connectivity index (χ2v) is 5.77. The topological polar surface area (TPSA) is 41.6 Å². The van der Waals surface area contributed by atoms with E-state index in [4.69, 9.17) is 4.74 Å². The number of hydrogen-bond donors (Lipinski definition) is 1. The van der Waals surface area contributed by atoms with E-state index >= 15 is 0 Å². The van der Waals surface area contributed by atoms with E-state index in [2.05, 4.69) is 22.9 Å². The van der Waals surface area contributed by atoms with Gasteiger partial charge >= 0.3 is 0 Å². The molecule has 0 saturated heterocycles. The van der Waals surface area contributed by atoms with Crippen LogP contribution >= 0.6 is 0 Å². The monoisotopic (exact) mass is 288 g/mol. The summed E-state index contributed by atoms with van der Waals surface area (Å²) in [6, 6.07) is 8.05. The second-order valence-electron chi connectivity index (χ2n) is 5.77. The molecule has 1 aliphatic carbocycles. The first kappa shape index (κ1) is 15.6. The van der Waals surface area contributed by atoms with E-state index < -0.39 is 0 Å². The average molecular weight is 288 g/mol. The highest BCUT2D eigenvalue weighted by molar-refractivity contribution is 5.93. The van der Waals surface area contributed by atoms with E-state index in [0.29, 0.717) is 12.5 Å². The van der Waals surface area contributed by atoms with E-state index in [1.807, 2.05) is 32.3 Å². The molecule has 1 aromatic carbocycles. The van der Waals surface area contributed by atoms with Crippen molar-refractivity contribution in [3.63, 3.8) is 0 Å². The maximum Gasteiger partial charge on any atom is 0.246 e. The van der Waals surface area contributed by atoms with Gasteiger partial charge in [0, 0.05) is 12.1 Å². The summed E-state index contributed by atoms with van der Waals surface area (Å²) in [5, 5.41) is 3.00. The van der Waals surface area contributed by atoms with Gasteiger partial charge in [0.25, 0.3) is 0 Å². The molecule has 1 unspecified atom stereocenters. The quantitative estimate of drug-likeness (QED) is 0.783. The van der Waals surface area contributed by atoms with Crippen LogP contribution in [0.5, 0.6) is 5.75 Å². The fourth-order valence-electron chi connectivity index (χ4n) is 2.37. The minimum absolute atomic E-state index is 0.0211. The third-order valence-electron chi connectivity index (χ3n) is 3.92. The first-order valence-electron chi connectivity index (χ1n) is 7.30. The van der Waals surface area contributed by atoms with Crippen molar-refractivity contribution < 1.29 is 9.53 Å². The molecule has 0 heterocycles. The Hall–Kier alpha value is -1.81. The lowest BCUT2D eigenvalue weighted by Crippen LogP contribution is -2.35. The average Bonchev–Trinajstić information content (AvgIpc) is 3.31. The van der Waals surface area contributed by atoms with Crippen LogP contribution in [0.25, 0.3) is 0 Å². The molecule has 0 radical (unpaired) electrons. The molecule has 2 rings (SSSR count). The normalized spacial score (nSPS) is 15.6. The molecule has 1 aliphatic rings. The molecule has 4 nitrogen and oxygen atoms in total. The van der Waals surface area contributed by atoms with Crippen LogP contribution in [0.15, 0.2) is 36.4 Å². The number of rotatable bonds is 7. The number of likely N-dealkylation sites (N-methyl/N-ethyl adjacent to an activating group) is 1. The zero-order valence-electron chi connectivity index (χ0n) is 13.1. The minimum Gasteiger partial charge on any atom is -0.497 e. The van der Waals surface area contributed by atoms with E-state index in [0.717, 1.165) is 29.7 Å². The molecule has 1 N–H and O–H groups in total. The Labute approximate surface area is 126 Å². The molecular weight excluding hydrogens is 264 g/mol. The fraction of sp³-hybridized carbons (Fsp3) is 0.471. The van der Waals surface area contributed by atoms with Crippen molar-refractivity contribution >= 4 is 5.91 Å². The number of ether oxygens (including phenoxy) is 1. The number of methoxy groups -OCH3 is 1. The van der Waals surface area contributed by atoms with Gasteiger partial charge in [-0.1, -0.05) is 18.7 Å². The van der Waals surface area contributed by atoms with Crippen LogP contribution in [0, 0.1) is 5.92 Å². The van der Waals surface area contributed by atoms with Crippen molar-refractivity contribution in [3.05, 3.63) is 42.0 Å². The Kier molecular flexibility index (Phi) is 5.02. The van der Waals surface area contributed by atoms with E-state index in [1.54, 1.807) is 7.11 Å². The van der Waals surface area contributed by atoms with Crippen LogP contribution < -0.4 is 10.1 Å². The first-order chi connectivity index (χ1) is 10.0. The number of carbonyl (C=O) groups is 1. The number of hydrogen-bond acceptors (Lipinski definition) is 3. The van der Waals surface area contributed by atoms with Gasteiger partial charge in [-0.05, 0) is 50.6 Å². The van der Waals surface area contributed by atoms with Crippen molar-refractivity contribution in [1.29, 1.82) is 0 Å². The summed E-state index contributed by atoms with van der Waals surface area (Å²) in [5.41, 5.74) is 1.84. The fourth-order valence-corrected chi connectivity index (χ4v) is 2.37. The van der Waals surface area contributed by atoms with Crippen LogP contribution in [0.3, 0.4) is 0 Å². The van der Waals surface area contributed by atoms with Gasteiger partial charge in [0.2, 0.25) is 5.91 Å². The van der Waals surface area contributed by atoms with Crippen molar-refractivity contribution in [2.75, 3.05) is 27.7 Å². The molecule has 0 aromatic heterocycles. The number of nitrogens with one attached hydrogen (secondary N) is 1. The van der Waals surface area contributed by atoms with Gasteiger partial charge < -0.3 is 15.0 Å². The highest BCUT2D eigenvalue weighted by Gasteiger charge is 2.29. The highest BCUT2D eigenvalue weighted by Crippen LogP contribution is 2.35. The van der Waals surface area contributed by atoms with Gasteiger partial charge in [-0.25, -0.2) is 0 Å². The molecule has 1 amide bonds. The molecule has 114 valence electrons. The van der Waals surface area contributed by atoms with E-state index in [9.17, 15) is 4.79 Å².